The Bertz CT molecular complexity index is 674. The largest absolute Gasteiger partial charge is 0.359 e. The van der Waals surface area contributed by atoms with E-state index < -0.39 is 0 Å². The number of anilines is 1. The third kappa shape index (κ3) is 4.84. The van der Waals surface area contributed by atoms with Gasteiger partial charge in [0.1, 0.15) is 5.69 Å². The van der Waals surface area contributed by atoms with Crippen LogP contribution in [0.15, 0.2) is 5.38 Å². The van der Waals surface area contributed by atoms with Crippen LogP contribution in [0.1, 0.15) is 55.4 Å². The van der Waals surface area contributed by atoms with E-state index in [-0.39, 0.29) is 11.8 Å². The van der Waals surface area contributed by atoms with E-state index in [1.807, 2.05) is 15.2 Å². The molecule has 0 radical (unpaired) electrons. The number of thiazole rings is 1. The first-order chi connectivity index (χ1) is 13.7. The van der Waals surface area contributed by atoms with Gasteiger partial charge in [0, 0.05) is 50.7 Å². The Morgan fingerprint density at radius 3 is 2.39 bits per heavy atom. The molecule has 0 spiro atoms. The van der Waals surface area contributed by atoms with E-state index >= 15 is 0 Å². The molecule has 1 aromatic rings. The number of nitrogens with one attached hydrogen (secondary N) is 1. The molecule has 28 heavy (non-hydrogen) atoms. The molecule has 0 aromatic carbocycles. The lowest BCUT2D eigenvalue weighted by Gasteiger charge is -2.34. The molecular formula is C20H31N5O2S. The molecule has 1 N–H and O–H groups in total. The average Bonchev–Trinajstić information content (AvgIpc) is 3.41. The number of carbonyl (C=O) groups is 2. The van der Waals surface area contributed by atoms with Crippen LogP contribution in [-0.4, -0.2) is 83.4 Å². The number of hydrogen-bond donors (Lipinski definition) is 1. The van der Waals surface area contributed by atoms with E-state index in [1.54, 1.807) is 0 Å². The summed E-state index contributed by atoms with van der Waals surface area (Å²) in [5.41, 5.74) is 0.546. The summed E-state index contributed by atoms with van der Waals surface area (Å²) in [7, 11) is 0. The van der Waals surface area contributed by atoms with Gasteiger partial charge in [0.25, 0.3) is 5.91 Å². The number of aromatic nitrogens is 1. The molecular weight excluding hydrogens is 374 g/mol. The van der Waals surface area contributed by atoms with Crippen LogP contribution in [-0.2, 0) is 4.79 Å². The molecule has 2 aliphatic heterocycles. The molecule has 3 aliphatic rings. The SMILES string of the molecule is O=C(CN1CCN(C(=O)c2csc(NC3CCCCC3)n2)CC1)N1CCCC1. The van der Waals surface area contributed by atoms with Crippen molar-refractivity contribution in [2.24, 2.45) is 0 Å². The van der Waals surface area contributed by atoms with Crippen molar-refractivity contribution in [2.45, 2.75) is 51.0 Å². The first-order valence-electron chi connectivity index (χ1n) is 10.7. The molecule has 2 amide bonds. The predicted molar refractivity (Wildman–Crippen MR) is 111 cm³/mol. The highest BCUT2D eigenvalue weighted by Crippen LogP contribution is 2.24. The maximum Gasteiger partial charge on any atom is 0.273 e. The summed E-state index contributed by atoms with van der Waals surface area (Å²) in [6.45, 7) is 5.11. The van der Waals surface area contributed by atoms with E-state index in [1.165, 1.54) is 43.4 Å². The number of amides is 2. The highest BCUT2D eigenvalue weighted by Gasteiger charge is 2.27. The summed E-state index contributed by atoms with van der Waals surface area (Å²) >= 11 is 1.53. The number of hydrogen-bond acceptors (Lipinski definition) is 6. The molecule has 1 aliphatic carbocycles. The number of likely N-dealkylation sites (tertiary alicyclic amines) is 1. The lowest BCUT2D eigenvalue weighted by Crippen LogP contribution is -2.51. The Balaban J connectivity index is 1.24. The first-order valence-corrected chi connectivity index (χ1v) is 11.6. The topological polar surface area (TPSA) is 68.8 Å². The molecule has 7 nitrogen and oxygen atoms in total. The van der Waals surface area contributed by atoms with E-state index in [0.29, 0.717) is 31.4 Å². The van der Waals surface area contributed by atoms with Gasteiger partial charge >= 0.3 is 0 Å². The molecule has 1 saturated carbocycles. The number of carbonyl (C=O) groups excluding carboxylic acids is 2. The van der Waals surface area contributed by atoms with E-state index in [2.05, 4.69) is 15.2 Å². The van der Waals surface area contributed by atoms with Crippen molar-refractivity contribution in [1.29, 1.82) is 0 Å². The van der Waals surface area contributed by atoms with Gasteiger partial charge in [-0.2, -0.15) is 0 Å². The van der Waals surface area contributed by atoms with Gasteiger partial charge in [-0.05, 0) is 25.7 Å². The van der Waals surface area contributed by atoms with Crippen molar-refractivity contribution in [1.82, 2.24) is 19.7 Å². The van der Waals surface area contributed by atoms with Crippen molar-refractivity contribution in [2.75, 3.05) is 51.1 Å². The second-order valence-corrected chi connectivity index (χ2v) is 9.03. The van der Waals surface area contributed by atoms with Gasteiger partial charge in [-0.3, -0.25) is 14.5 Å². The number of nitrogens with zero attached hydrogens (tertiary/aromatic N) is 4. The van der Waals surface area contributed by atoms with Crippen LogP contribution in [0.3, 0.4) is 0 Å². The fourth-order valence-corrected chi connectivity index (χ4v) is 5.15. The molecule has 0 unspecified atom stereocenters. The van der Waals surface area contributed by atoms with Crippen LogP contribution < -0.4 is 5.32 Å². The minimum atomic E-state index is 0.0125. The van der Waals surface area contributed by atoms with Gasteiger partial charge in [-0.15, -0.1) is 11.3 Å². The summed E-state index contributed by atoms with van der Waals surface area (Å²) in [6, 6.07) is 0.500. The number of piperazine rings is 1. The van der Waals surface area contributed by atoms with E-state index in [9.17, 15) is 9.59 Å². The molecule has 2 saturated heterocycles. The zero-order valence-electron chi connectivity index (χ0n) is 16.6. The maximum atomic E-state index is 12.8. The highest BCUT2D eigenvalue weighted by molar-refractivity contribution is 7.13. The summed E-state index contributed by atoms with van der Waals surface area (Å²) in [4.78, 5) is 35.6. The minimum absolute atomic E-state index is 0.0125. The van der Waals surface area contributed by atoms with Crippen molar-refractivity contribution < 1.29 is 9.59 Å². The van der Waals surface area contributed by atoms with Gasteiger partial charge in [0.05, 0.1) is 6.54 Å². The smallest absolute Gasteiger partial charge is 0.273 e. The van der Waals surface area contributed by atoms with Crippen molar-refractivity contribution in [3.63, 3.8) is 0 Å². The normalized spacial score (nSPS) is 21.9. The van der Waals surface area contributed by atoms with Crippen LogP contribution >= 0.6 is 11.3 Å². The Hall–Kier alpha value is -1.67. The van der Waals surface area contributed by atoms with Crippen molar-refractivity contribution in [3.8, 4) is 0 Å². The van der Waals surface area contributed by atoms with Crippen molar-refractivity contribution >= 4 is 28.3 Å². The third-order valence-corrected chi connectivity index (χ3v) is 6.91. The lowest BCUT2D eigenvalue weighted by atomic mass is 9.96. The van der Waals surface area contributed by atoms with Crippen LogP contribution in [0, 0.1) is 0 Å². The van der Waals surface area contributed by atoms with Gasteiger partial charge in [-0.1, -0.05) is 19.3 Å². The van der Waals surface area contributed by atoms with Gasteiger partial charge < -0.3 is 15.1 Å². The first kappa shape index (κ1) is 19.6. The molecule has 8 heteroatoms. The lowest BCUT2D eigenvalue weighted by molar-refractivity contribution is -0.131. The quantitative estimate of drug-likeness (QED) is 0.814. The van der Waals surface area contributed by atoms with Crippen molar-refractivity contribution in [3.05, 3.63) is 11.1 Å². The van der Waals surface area contributed by atoms with Crippen LogP contribution in [0.2, 0.25) is 0 Å². The zero-order valence-corrected chi connectivity index (χ0v) is 17.4. The van der Waals surface area contributed by atoms with Gasteiger partial charge in [-0.25, -0.2) is 4.98 Å². The zero-order chi connectivity index (χ0) is 19.3. The molecule has 0 atom stereocenters. The Morgan fingerprint density at radius 2 is 1.68 bits per heavy atom. The second-order valence-electron chi connectivity index (χ2n) is 8.17. The average molecular weight is 406 g/mol. The Labute approximate surface area is 171 Å². The summed E-state index contributed by atoms with van der Waals surface area (Å²) < 4.78 is 0. The van der Waals surface area contributed by atoms with Crippen LogP contribution in [0.4, 0.5) is 5.13 Å². The van der Waals surface area contributed by atoms with E-state index in [0.717, 1.165) is 44.2 Å². The van der Waals surface area contributed by atoms with Gasteiger partial charge in [0.15, 0.2) is 5.13 Å². The summed E-state index contributed by atoms with van der Waals surface area (Å²) in [5.74, 6) is 0.244. The fraction of sp³-hybridized carbons (Fsp3) is 0.750. The number of rotatable bonds is 5. The predicted octanol–water partition coefficient (Wildman–Crippen LogP) is 2.27. The molecule has 3 heterocycles. The fourth-order valence-electron chi connectivity index (χ4n) is 4.39. The molecule has 154 valence electrons. The summed E-state index contributed by atoms with van der Waals surface area (Å²) in [6.07, 6.45) is 8.52. The Kier molecular flexibility index (Phi) is 6.47. The molecule has 3 fully saturated rings. The monoisotopic (exact) mass is 405 g/mol. The van der Waals surface area contributed by atoms with E-state index in [4.69, 9.17) is 0 Å². The Morgan fingerprint density at radius 1 is 0.964 bits per heavy atom. The second kappa shape index (κ2) is 9.22. The minimum Gasteiger partial charge on any atom is -0.359 e. The van der Waals surface area contributed by atoms with Gasteiger partial charge in [0.2, 0.25) is 5.91 Å². The molecule has 1 aromatic heterocycles. The third-order valence-electron chi connectivity index (χ3n) is 6.13. The maximum absolute atomic E-state index is 12.8. The summed E-state index contributed by atoms with van der Waals surface area (Å²) in [5, 5.41) is 6.24. The molecule has 4 rings (SSSR count). The van der Waals surface area contributed by atoms with Crippen LogP contribution in [0.25, 0.3) is 0 Å². The highest BCUT2D eigenvalue weighted by atomic mass is 32.1. The standard InChI is InChI=1S/C20H31N5O2S/c26-18(24-8-4-5-9-24)14-23-10-12-25(13-11-23)19(27)17-15-28-20(22-17)21-16-6-2-1-3-7-16/h15-16H,1-14H2,(H,21,22). The molecule has 0 bridgehead atoms. The van der Waals surface area contributed by atoms with Crippen LogP contribution in [0.5, 0.6) is 0 Å².